The van der Waals surface area contributed by atoms with Crippen LogP contribution in [-0.4, -0.2) is 23.5 Å². The number of amides is 2. The Morgan fingerprint density at radius 1 is 1.07 bits per heavy atom. The Hall–Kier alpha value is -3.74. The molecule has 0 bridgehead atoms. The second-order valence-corrected chi connectivity index (χ2v) is 5.82. The van der Waals surface area contributed by atoms with Gasteiger partial charge in [-0.2, -0.15) is 0 Å². The lowest BCUT2D eigenvalue weighted by atomic mass is 10.2. The summed E-state index contributed by atoms with van der Waals surface area (Å²) in [6.07, 6.45) is 1.42. The Morgan fingerprint density at radius 3 is 2.70 bits per heavy atom. The molecule has 0 saturated heterocycles. The van der Waals surface area contributed by atoms with Gasteiger partial charge in [0.2, 0.25) is 0 Å². The lowest BCUT2D eigenvalue weighted by Gasteiger charge is -2.10. The highest BCUT2D eigenvalue weighted by molar-refractivity contribution is 6.02. The van der Waals surface area contributed by atoms with Gasteiger partial charge in [0.1, 0.15) is 11.5 Å². The highest BCUT2D eigenvalue weighted by Crippen LogP contribution is 2.24. The summed E-state index contributed by atoms with van der Waals surface area (Å²) in [6.45, 7) is 1.61. The van der Waals surface area contributed by atoms with E-state index in [0.29, 0.717) is 17.1 Å². The molecule has 0 unspecified atom stereocenters. The standard InChI is InChI=1S/C20H18N2O5/c1-13-7-8-17(23)16(10-13)22-19(24)12-27-15-5-2-4-14(11-15)21-20(25)18-6-3-9-26-18/h2-11,23H,12H2,1H3,(H,21,25)(H,22,24). The number of phenols is 1. The molecule has 0 radical (unpaired) electrons. The molecule has 0 aliphatic carbocycles. The number of hydrogen-bond donors (Lipinski definition) is 3. The predicted molar refractivity (Wildman–Crippen MR) is 100 cm³/mol. The van der Waals surface area contributed by atoms with E-state index >= 15 is 0 Å². The van der Waals surface area contributed by atoms with Gasteiger partial charge in [-0.25, -0.2) is 0 Å². The molecule has 0 aliphatic heterocycles. The predicted octanol–water partition coefficient (Wildman–Crippen LogP) is 3.56. The molecule has 3 rings (SSSR count). The number of nitrogens with one attached hydrogen (secondary N) is 2. The number of aromatic hydroxyl groups is 1. The van der Waals surface area contributed by atoms with E-state index in [9.17, 15) is 14.7 Å². The van der Waals surface area contributed by atoms with Crippen molar-refractivity contribution in [1.82, 2.24) is 0 Å². The second-order valence-electron chi connectivity index (χ2n) is 5.82. The van der Waals surface area contributed by atoms with Gasteiger partial charge >= 0.3 is 0 Å². The van der Waals surface area contributed by atoms with Crippen molar-refractivity contribution in [3.05, 3.63) is 72.2 Å². The first-order chi connectivity index (χ1) is 13.0. The summed E-state index contributed by atoms with van der Waals surface area (Å²) < 4.78 is 10.5. The van der Waals surface area contributed by atoms with Gasteiger partial charge in [0.15, 0.2) is 12.4 Å². The van der Waals surface area contributed by atoms with Crippen molar-refractivity contribution >= 4 is 23.2 Å². The lowest BCUT2D eigenvalue weighted by molar-refractivity contribution is -0.118. The third-order valence-electron chi connectivity index (χ3n) is 3.63. The molecule has 138 valence electrons. The number of rotatable bonds is 6. The molecule has 0 aliphatic rings. The molecule has 0 atom stereocenters. The number of aryl methyl sites for hydroxylation is 1. The van der Waals surface area contributed by atoms with E-state index in [1.54, 1.807) is 48.5 Å². The number of furan rings is 1. The maximum Gasteiger partial charge on any atom is 0.291 e. The normalized spacial score (nSPS) is 10.3. The zero-order chi connectivity index (χ0) is 19.2. The third-order valence-corrected chi connectivity index (χ3v) is 3.63. The first-order valence-electron chi connectivity index (χ1n) is 8.18. The summed E-state index contributed by atoms with van der Waals surface area (Å²) in [5, 5.41) is 15.0. The second kappa shape index (κ2) is 8.09. The highest BCUT2D eigenvalue weighted by Gasteiger charge is 2.10. The van der Waals surface area contributed by atoms with E-state index in [1.807, 2.05) is 6.92 Å². The van der Waals surface area contributed by atoms with Crippen molar-refractivity contribution in [2.45, 2.75) is 6.92 Å². The molecule has 7 heteroatoms. The summed E-state index contributed by atoms with van der Waals surface area (Å²) >= 11 is 0. The van der Waals surface area contributed by atoms with E-state index in [0.717, 1.165) is 5.56 Å². The molecule has 2 amide bonds. The van der Waals surface area contributed by atoms with Gasteiger partial charge in [0.25, 0.3) is 11.8 Å². The highest BCUT2D eigenvalue weighted by atomic mass is 16.5. The minimum absolute atomic E-state index is 0.0171. The van der Waals surface area contributed by atoms with E-state index in [1.165, 1.54) is 12.3 Å². The van der Waals surface area contributed by atoms with Gasteiger partial charge < -0.3 is 24.9 Å². The number of hydrogen-bond acceptors (Lipinski definition) is 5. The van der Waals surface area contributed by atoms with Crippen LogP contribution < -0.4 is 15.4 Å². The minimum Gasteiger partial charge on any atom is -0.506 e. The van der Waals surface area contributed by atoms with Crippen LogP contribution in [0, 0.1) is 6.92 Å². The van der Waals surface area contributed by atoms with Crippen LogP contribution in [-0.2, 0) is 4.79 Å². The van der Waals surface area contributed by atoms with Crippen LogP contribution in [0.5, 0.6) is 11.5 Å². The fourth-order valence-corrected chi connectivity index (χ4v) is 2.35. The minimum atomic E-state index is -0.416. The maximum absolute atomic E-state index is 12.0. The van der Waals surface area contributed by atoms with Gasteiger partial charge in [-0.15, -0.1) is 0 Å². The first kappa shape index (κ1) is 18.1. The molecule has 27 heavy (non-hydrogen) atoms. The molecule has 7 nitrogen and oxygen atoms in total. The fourth-order valence-electron chi connectivity index (χ4n) is 2.35. The first-order valence-corrected chi connectivity index (χ1v) is 8.18. The van der Waals surface area contributed by atoms with Crippen molar-refractivity contribution in [3.8, 4) is 11.5 Å². The van der Waals surface area contributed by atoms with Crippen LogP contribution in [0.25, 0.3) is 0 Å². The van der Waals surface area contributed by atoms with Crippen LogP contribution >= 0.6 is 0 Å². The summed E-state index contributed by atoms with van der Waals surface area (Å²) in [6, 6.07) is 14.7. The monoisotopic (exact) mass is 366 g/mol. The molecule has 2 aromatic carbocycles. The van der Waals surface area contributed by atoms with Crippen LogP contribution in [0.3, 0.4) is 0 Å². The maximum atomic E-state index is 12.0. The zero-order valence-corrected chi connectivity index (χ0v) is 14.6. The number of anilines is 2. The number of carbonyl (C=O) groups is 2. The molecular formula is C20H18N2O5. The van der Waals surface area contributed by atoms with Gasteiger partial charge in [-0.3, -0.25) is 9.59 Å². The lowest BCUT2D eigenvalue weighted by Crippen LogP contribution is -2.20. The Morgan fingerprint density at radius 2 is 1.93 bits per heavy atom. The van der Waals surface area contributed by atoms with E-state index in [2.05, 4.69) is 10.6 Å². The summed E-state index contributed by atoms with van der Waals surface area (Å²) in [7, 11) is 0. The van der Waals surface area contributed by atoms with E-state index in [-0.39, 0.29) is 24.0 Å². The molecular weight excluding hydrogens is 348 g/mol. The Balaban J connectivity index is 1.57. The van der Waals surface area contributed by atoms with Crippen LogP contribution in [0.1, 0.15) is 16.1 Å². The average Bonchev–Trinajstić information content (AvgIpc) is 3.18. The van der Waals surface area contributed by atoms with Crippen molar-refractivity contribution in [3.63, 3.8) is 0 Å². The zero-order valence-electron chi connectivity index (χ0n) is 14.6. The third kappa shape index (κ3) is 4.88. The van der Waals surface area contributed by atoms with Gasteiger partial charge in [-0.05, 0) is 48.9 Å². The molecule has 0 saturated carbocycles. The molecule has 1 aromatic heterocycles. The van der Waals surface area contributed by atoms with Crippen LogP contribution in [0.4, 0.5) is 11.4 Å². The van der Waals surface area contributed by atoms with Crippen molar-refractivity contribution in [2.75, 3.05) is 17.2 Å². The van der Waals surface area contributed by atoms with E-state index in [4.69, 9.17) is 9.15 Å². The molecule has 3 aromatic rings. The molecule has 0 spiro atoms. The quantitative estimate of drug-likeness (QED) is 0.579. The Kier molecular flexibility index (Phi) is 5.41. The van der Waals surface area contributed by atoms with Crippen molar-refractivity contribution < 1.29 is 23.8 Å². The van der Waals surface area contributed by atoms with Crippen molar-refractivity contribution in [2.24, 2.45) is 0 Å². The Bertz CT molecular complexity index is 951. The SMILES string of the molecule is Cc1ccc(O)c(NC(=O)COc2cccc(NC(=O)c3ccco3)c2)c1. The van der Waals surface area contributed by atoms with Crippen LogP contribution in [0.2, 0.25) is 0 Å². The molecule has 0 fully saturated rings. The number of phenolic OH excluding ortho intramolecular Hbond substituents is 1. The van der Waals surface area contributed by atoms with Crippen molar-refractivity contribution in [1.29, 1.82) is 0 Å². The topological polar surface area (TPSA) is 101 Å². The van der Waals surface area contributed by atoms with Gasteiger partial charge in [0, 0.05) is 11.8 Å². The van der Waals surface area contributed by atoms with Gasteiger partial charge in [-0.1, -0.05) is 12.1 Å². The average molecular weight is 366 g/mol. The molecule has 3 N–H and O–H groups in total. The smallest absolute Gasteiger partial charge is 0.291 e. The largest absolute Gasteiger partial charge is 0.506 e. The van der Waals surface area contributed by atoms with E-state index < -0.39 is 5.91 Å². The number of benzene rings is 2. The summed E-state index contributed by atoms with van der Waals surface area (Å²) in [5.74, 6) is -0.211. The summed E-state index contributed by atoms with van der Waals surface area (Å²) in [4.78, 5) is 24.0. The molecule has 1 heterocycles. The summed E-state index contributed by atoms with van der Waals surface area (Å²) in [5.41, 5.74) is 1.73. The fraction of sp³-hybridized carbons (Fsp3) is 0.100. The Labute approximate surface area is 155 Å². The van der Waals surface area contributed by atoms with Gasteiger partial charge in [0.05, 0.1) is 12.0 Å². The van der Waals surface area contributed by atoms with Crippen LogP contribution in [0.15, 0.2) is 65.3 Å². The number of ether oxygens (including phenoxy) is 1. The number of carbonyl (C=O) groups excluding carboxylic acids is 2.